The lowest BCUT2D eigenvalue weighted by Gasteiger charge is -2.23. The van der Waals surface area contributed by atoms with Crippen LogP contribution in [0.3, 0.4) is 0 Å². The van der Waals surface area contributed by atoms with E-state index < -0.39 is 5.60 Å². The quantitative estimate of drug-likeness (QED) is 0.619. The third-order valence-electron chi connectivity index (χ3n) is 6.20. The normalized spacial score (nSPS) is 19.1. The fraction of sp³-hybridized carbons (Fsp3) is 0.385. The molecule has 168 valence electrons. The second-order valence-electron chi connectivity index (χ2n) is 8.72. The van der Waals surface area contributed by atoms with Crippen LogP contribution in [-0.2, 0) is 16.0 Å². The van der Waals surface area contributed by atoms with Gasteiger partial charge in [0.2, 0.25) is 0 Å². The molecule has 1 N–H and O–H groups in total. The molecule has 1 aromatic heterocycles. The van der Waals surface area contributed by atoms with E-state index in [-0.39, 0.29) is 11.7 Å². The topological polar surface area (TPSA) is 54.5 Å². The molecule has 0 saturated carbocycles. The molecule has 0 spiro atoms. The van der Waals surface area contributed by atoms with Crippen LogP contribution in [-0.4, -0.2) is 41.0 Å². The molecule has 1 aromatic carbocycles. The van der Waals surface area contributed by atoms with Crippen LogP contribution in [0.1, 0.15) is 50.9 Å². The Morgan fingerprint density at radius 2 is 1.94 bits per heavy atom. The average Bonchev–Trinajstić information content (AvgIpc) is 3.26. The van der Waals surface area contributed by atoms with E-state index in [1.54, 1.807) is 6.07 Å². The fourth-order valence-electron chi connectivity index (χ4n) is 4.36. The number of allylic oxidation sites excluding steroid dienone is 1. The van der Waals surface area contributed by atoms with Crippen LogP contribution in [0.25, 0.3) is 11.1 Å². The largest absolute Gasteiger partial charge is 0.482 e. The van der Waals surface area contributed by atoms with Crippen molar-refractivity contribution in [3.8, 4) is 0 Å². The van der Waals surface area contributed by atoms with Crippen LogP contribution in [0.4, 0.5) is 10.1 Å². The number of amides is 1. The van der Waals surface area contributed by atoms with E-state index in [4.69, 9.17) is 4.74 Å². The van der Waals surface area contributed by atoms with Gasteiger partial charge in [-0.1, -0.05) is 19.9 Å². The summed E-state index contributed by atoms with van der Waals surface area (Å²) < 4.78 is 20.0. The minimum absolute atomic E-state index is 0.282. The summed E-state index contributed by atoms with van der Waals surface area (Å²) >= 11 is 0. The molecule has 2 aliphatic heterocycles. The maximum absolute atomic E-state index is 13.8. The molecule has 1 amide bonds. The van der Waals surface area contributed by atoms with E-state index in [9.17, 15) is 9.18 Å². The number of carbonyl (C=O) groups excluding carboxylic acids is 1. The van der Waals surface area contributed by atoms with Crippen molar-refractivity contribution in [1.82, 2.24) is 9.88 Å². The molecule has 0 fully saturated rings. The van der Waals surface area contributed by atoms with Crippen molar-refractivity contribution in [3.63, 3.8) is 0 Å². The second-order valence-corrected chi connectivity index (χ2v) is 8.72. The fourth-order valence-corrected chi connectivity index (χ4v) is 4.36. The van der Waals surface area contributed by atoms with Gasteiger partial charge >= 0.3 is 0 Å². The summed E-state index contributed by atoms with van der Waals surface area (Å²) in [7, 11) is 0. The number of nitrogens with zero attached hydrogens (tertiary/aromatic N) is 2. The first-order valence-electron chi connectivity index (χ1n) is 11.3. The number of aromatic nitrogens is 1. The van der Waals surface area contributed by atoms with E-state index in [1.165, 1.54) is 12.1 Å². The van der Waals surface area contributed by atoms with E-state index in [1.807, 2.05) is 26.1 Å². The van der Waals surface area contributed by atoms with Crippen LogP contribution in [0.15, 0.2) is 48.4 Å². The Balaban J connectivity index is 1.58. The van der Waals surface area contributed by atoms with Gasteiger partial charge in [0.1, 0.15) is 17.2 Å². The summed E-state index contributed by atoms with van der Waals surface area (Å²) in [6.07, 6.45) is 5.77. The number of aryl methyl sites for hydroxylation is 1. The Hall–Kier alpha value is -2.99. The molecule has 0 atom stereocenters. The Bertz CT molecular complexity index is 1080. The SMILES string of the molecule is CCN(CC)CCCc1ccc(C2=C/C(=C3\C(=O)Nc4ccc(F)cc43)OC2(C)C)cn1. The number of hydrogen-bond donors (Lipinski definition) is 1. The summed E-state index contributed by atoms with van der Waals surface area (Å²) in [5.74, 6) is -0.216. The van der Waals surface area contributed by atoms with Crippen molar-refractivity contribution in [3.05, 3.63) is 71.0 Å². The van der Waals surface area contributed by atoms with Gasteiger partial charge in [-0.25, -0.2) is 4.39 Å². The standard InChI is InChI=1S/C26H30FN3O2/c1-5-30(6-2)13-7-8-19-11-9-17(16-28-19)21-15-23(32-26(21,3)4)24-20-14-18(27)10-12-22(20)29-25(24)31/h9-12,14-16H,5-8,13H2,1-4H3,(H,29,31)/b24-23+. The Morgan fingerprint density at radius 1 is 1.16 bits per heavy atom. The van der Waals surface area contributed by atoms with Gasteiger partial charge < -0.3 is 15.0 Å². The van der Waals surface area contributed by atoms with E-state index in [2.05, 4.69) is 41.2 Å². The number of fused-ring (bicyclic) bond motifs is 1. The number of halogens is 1. The summed E-state index contributed by atoms with van der Waals surface area (Å²) in [4.78, 5) is 19.7. The molecule has 0 radical (unpaired) electrons. The van der Waals surface area contributed by atoms with Crippen LogP contribution < -0.4 is 5.32 Å². The van der Waals surface area contributed by atoms with Crippen LogP contribution in [0.2, 0.25) is 0 Å². The number of pyridine rings is 1. The highest BCUT2D eigenvalue weighted by atomic mass is 19.1. The van der Waals surface area contributed by atoms with Crippen molar-refractivity contribution in [2.45, 2.75) is 46.1 Å². The number of anilines is 1. The highest BCUT2D eigenvalue weighted by Gasteiger charge is 2.38. The van der Waals surface area contributed by atoms with Gasteiger partial charge in [-0.05, 0) is 76.7 Å². The zero-order valence-electron chi connectivity index (χ0n) is 19.2. The first-order chi connectivity index (χ1) is 15.3. The van der Waals surface area contributed by atoms with Crippen LogP contribution >= 0.6 is 0 Å². The molecule has 2 aromatic rings. The summed E-state index contributed by atoms with van der Waals surface area (Å²) in [6.45, 7) is 11.5. The predicted molar refractivity (Wildman–Crippen MR) is 125 cm³/mol. The third-order valence-corrected chi connectivity index (χ3v) is 6.20. The van der Waals surface area contributed by atoms with Crippen molar-refractivity contribution in [1.29, 1.82) is 0 Å². The highest BCUT2D eigenvalue weighted by Crippen LogP contribution is 2.44. The van der Waals surface area contributed by atoms with Crippen molar-refractivity contribution >= 4 is 22.7 Å². The summed E-state index contributed by atoms with van der Waals surface area (Å²) in [5, 5.41) is 2.79. The third kappa shape index (κ3) is 4.32. The molecule has 0 aliphatic carbocycles. The average molecular weight is 436 g/mol. The van der Waals surface area contributed by atoms with Crippen molar-refractivity contribution in [2.24, 2.45) is 0 Å². The van der Waals surface area contributed by atoms with Crippen molar-refractivity contribution in [2.75, 3.05) is 25.0 Å². The molecule has 6 heteroatoms. The zero-order valence-corrected chi connectivity index (χ0v) is 19.2. The molecule has 32 heavy (non-hydrogen) atoms. The first kappa shape index (κ1) is 22.2. The number of rotatable bonds is 7. The van der Waals surface area contributed by atoms with E-state index in [0.29, 0.717) is 22.6 Å². The zero-order chi connectivity index (χ0) is 22.9. The van der Waals surface area contributed by atoms with E-state index in [0.717, 1.165) is 49.3 Å². The van der Waals surface area contributed by atoms with Crippen LogP contribution in [0, 0.1) is 5.82 Å². The Kier molecular flexibility index (Phi) is 6.15. The molecule has 3 heterocycles. The summed E-state index contributed by atoms with van der Waals surface area (Å²) in [6, 6.07) is 8.40. The van der Waals surface area contributed by atoms with Gasteiger partial charge in [0.15, 0.2) is 0 Å². The van der Waals surface area contributed by atoms with Gasteiger partial charge in [0.05, 0.1) is 5.57 Å². The number of ether oxygens (including phenoxy) is 1. The molecule has 0 saturated heterocycles. The molecular formula is C26H30FN3O2. The minimum atomic E-state index is -0.634. The smallest absolute Gasteiger partial charge is 0.260 e. The Morgan fingerprint density at radius 3 is 2.62 bits per heavy atom. The molecule has 0 unspecified atom stereocenters. The lowest BCUT2D eigenvalue weighted by atomic mass is 9.93. The lowest BCUT2D eigenvalue weighted by Crippen LogP contribution is -2.24. The van der Waals surface area contributed by atoms with E-state index >= 15 is 0 Å². The lowest BCUT2D eigenvalue weighted by molar-refractivity contribution is -0.111. The maximum atomic E-state index is 13.8. The molecular weight excluding hydrogens is 405 g/mol. The molecule has 2 aliphatic rings. The Labute approximate surface area is 189 Å². The first-order valence-corrected chi connectivity index (χ1v) is 11.3. The van der Waals surface area contributed by atoms with Crippen molar-refractivity contribution < 1.29 is 13.9 Å². The number of nitrogens with one attached hydrogen (secondary N) is 1. The second kappa shape index (κ2) is 8.87. The molecule has 5 nitrogen and oxygen atoms in total. The van der Waals surface area contributed by atoms with Gasteiger partial charge in [-0.15, -0.1) is 0 Å². The molecule has 0 bridgehead atoms. The number of benzene rings is 1. The number of carbonyl (C=O) groups is 1. The monoisotopic (exact) mass is 435 g/mol. The minimum Gasteiger partial charge on any atom is -0.482 e. The van der Waals surface area contributed by atoms with Gasteiger partial charge in [-0.2, -0.15) is 0 Å². The highest BCUT2D eigenvalue weighted by molar-refractivity contribution is 6.32. The van der Waals surface area contributed by atoms with Gasteiger partial charge in [0.25, 0.3) is 5.91 Å². The maximum Gasteiger partial charge on any atom is 0.260 e. The van der Waals surface area contributed by atoms with Gasteiger partial charge in [-0.3, -0.25) is 9.78 Å². The molecule has 4 rings (SSSR count). The number of hydrogen-bond acceptors (Lipinski definition) is 4. The van der Waals surface area contributed by atoms with Crippen LogP contribution in [0.5, 0.6) is 0 Å². The summed E-state index contributed by atoms with van der Waals surface area (Å²) in [5.41, 5.74) is 3.82. The predicted octanol–water partition coefficient (Wildman–Crippen LogP) is 5.05. The van der Waals surface area contributed by atoms with Gasteiger partial charge in [0, 0.05) is 34.3 Å².